The van der Waals surface area contributed by atoms with Gasteiger partial charge in [-0.3, -0.25) is 14.9 Å². The predicted octanol–water partition coefficient (Wildman–Crippen LogP) is 1.12. The molecule has 0 unspecified atom stereocenters. The highest BCUT2D eigenvalue weighted by atomic mass is 16.6. The molecule has 0 spiro atoms. The molecule has 0 saturated carbocycles. The van der Waals surface area contributed by atoms with Crippen LogP contribution >= 0.6 is 0 Å². The van der Waals surface area contributed by atoms with Crippen molar-refractivity contribution in [1.82, 2.24) is 5.32 Å². The van der Waals surface area contributed by atoms with Gasteiger partial charge >= 0.3 is 5.97 Å². The van der Waals surface area contributed by atoms with Gasteiger partial charge < -0.3 is 20.3 Å². The summed E-state index contributed by atoms with van der Waals surface area (Å²) in [6, 6.07) is 2.45. The fourth-order valence-electron chi connectivity index (χ4n) is 2.28. The molecule has 2 atom stereocenters. The number of ether oxygens (including phenoxy) is 1. The van der Waals surface area contributed by atoms with Gasteiger partial charge in [-0.2, -0.15) is 0 Å². The number of aliphatic carboxylic acids is 1. The van der Waals surface area contributed by atoms with Gasteiger partial charge in [0.25, 0.3) is 5.69 Å². The van der Waals surface area contributed by atoms with E-state index in [9.17, 15) is 29.9 Å². The molecule has 0 radical (unpaired) electrons. The third kappa shape index (κ3) is 6.03. The molecule has 1 rings (SSSR count). The second-order valence-electron chi connectivity index (χ2n) is 6.00. The van der Waals surface area contributed by atoms with Gasteiger partial charge in [-0.05, 0) is 18.4 Å². The zero-order valence-corrected chi connectivity index (χ0v) is 14.3. The van der Waals surface area contributed by atoms with E-state index in [1.807, 2.05) is 13.8 Å². The van der Waals surface area contributed by atoms with Crippen LogP contribution in [0.3, 0.4) is 0 Å². The van der Waals surface area contributed by atoms with Crippen LogP contribution in [0.4, 0.5) is 5.69 Å². The number of benzene rings is 1. The Bertz CT molecular complexity index is 645. The Morgan fingerprint density at radius 2 is 2.00 bits per heavy atom. The fraction of sp³-hybridized carbons (Fsp3) is 0.500. The van der Waals surface area contributed by atoms with Gasteiger partial charge in [-0.25, -0.2) is 4.79 Å². The van der Waals surface area contributed by atoms with Crippen molar-refractivity contribution < 1.29 is 29.5 Å². The fourth-order valence-corrected chi connectivity index (χ4v) is 2.28. The average molecular weight is 354 g/mol. The first-order valence-electron chi connectivity index (χ1n) is 7.68. The first-order valence-corrected chi connectivity index (χ1v) is 7.68. The van der Waals surface area contributed by atoms with Gasteiger partial charge in [0.05, 0.1) is 12.0 Å². The van der Waals surface area contributed by atoms with Crippen molar-refractivity contribution in [2.75, 3.05) is 7.11 Å². The number of nitrogens with one attached hydrogen (secondary N) is 1. The summed E-state index contributed by atoms with van der Waals surface area (Å²) in [5.74, 6) is -1.79. The molecule has 0 aromatic heterocycles. The van der Waals surface area contributed by atoms with E-state index in [0.717, 1.165) is 0 Å². The number of amides is 1. The Kier molecular flexibility index (Phi) is 7.31. The third-order valence-corrected chi connectivity index (χ3v) is 3.51. The molecule has 0 aliphatic rings. The monoisotopic (exact) mass is 354 g/mol. The van der Waals surface area contributed by atoms with E-state index in [1.165, 1.54) is 25.3 Å². The first kappa shape index (κ1) is 20.4. The Labute approximate surface area is 144 Å². The summed E-state index contributed by atoms with van der Waals surface area (Å²) < 4.78 is 5.09. The number of carbonyl (C=O) groups excluding carboxylic acids is 1. The number of nitro benzene ring substituents is 1. The second-order valence-corrected chi connectivity index (χ2v) is 6.00. The van der Waals surface area contributed by atoms with Crippen LogP contribution in [0.15, 0.2) is 18.2 Å². The SMILES string of the molecule is COc1ccc([N+](=O)[O-])cc1C[C@H](NC(=O)[C@H](O)CC(C)C)C(=O)O. The molecule has 9 nitrogen and oxygen atoms in total. The maximum Gasteiger partial charge on any atom is 0.326 e. The minimum absolute atomic E-state index is 0.0564. The van der Waals surface area contributed by atoms with E-state index in [0.29, 0.717) is 0 Å². The molecular weight excluding hydrogens is 332 g/mol. The van der Waals surface area contributed by atoms with Gasteiger partial charge in [0.1, 0.15) is 17.9 Å². The van der Waals surface area contributed by atoms with Crippen LogP contribution in [0.2, 0.25) is 0 Å². The van der Waals surface area contributed by atoms with Crippen LogP contribution < -0.4 is 10.1 Å². The molecule has 1 amide bonds. The average Bonchev–Trinajstić information content (AvgIpc) is 2.52. The lowest BCUT2D eigenvalue weighted by Gasteiger charge is -2.19. The molecule has 0 fully saturated rings. The van der Waals surface area contributed by atoms with Crippen molar-refractivity contribution in [1.29, 1.82) is 0 Å². The van der Waals surface area contributed by atoms with E-state index in [4.69, 9.17) is 4.74 Å². The van der Waals surface area contributed by atoms with E-state index < -0.39 is 28.9 Å². The molecule has 25 heavy (non-hydrogen) atoms. The highest BCUT2D eigenvalue weighted by Gasteiger charge is 2.26. The van der Waals surface area contributed by atoms with Crippen LogP contribution in [0, 0.1) is 16.0 Å². The molecule has 9 heteroatoms. The van der Waals surface area contributed by atoms with Crippen LogP contribution in [-0.2, 0) is 16.0 Å². The van der Waals surface area contributed by atoms with E-state index in [-0.39, 0.29) is 35.8 Å². The highest BCUT2D eigenvalue weighted by Crippen LogP contribution is 2.25. The van der Waals surface area contributed by atoms with E-state index >= 15 is 0 Å². The van der Waals surface area contributed by atoms with Crippen molar-refractivity contribution in [2.45, 2.75) is 38.8 Å². The van der Waals surface area contributed by atoms with E-state index in [2.05, 4.69) is 5.32 Å². The summed E-state index contributed by atoms with van der Waals surface area (Å²) in [7, 11) is 1.35. The largest absolute Gasteiger partial charge is 0.496 e. The van der Waals surface area contributed by atoms with Gasteiger partial charge in [0, 0.05) is 24.1 Å². The van der Waals surface area contributed by atoms with Crippen LogP contribution in [-0.4, -0.2) is 46.3 Å². The smallest absolute Gasteiger partial charge is 0.326 e. The number of methoxy groups -OCH3 is 1. The number of hydrogen-bond acceptors (Lipinski definition) is 6. The normalized spacial score (nSPS) is 13.2. The maximum atomic E-state index is 11.9. The predicted molar refractivity (Wildman–Crippen MR) is 88.4 cm³/mol. The lowest BCUT2D eigenvalue weighted by molar-refractivity contribution is -0.384. The van der Waals surface area contributed by atoms with Crippen molar-refractivity contribution >= 4 is 17.6 Å². The summed E-state index contributed by atoms with van der Waals surface area (Å²) in [5.41, 5.74) is 0.0499. The first-order chi connectivity index (χ1) is 11.6. The standard InChI is InChI=1S/C16H22N2O7/c1-9(2)6-13(19)15(20)17-12(16(21)22)8-10-7-11(18(23)24)4-5-14(10)25-3/h4-5,7,9,12-13,19H,6,8H2,1-3H3,(H,17,20)(H,21,22)/t12-,13+/m0/s1. The van der Waals surface area contributed by atoms with Crippen molar-refractivity contribution in [3.8, 4) is 5.75 Å². The number of aliphatic hydroxyl groups is 1. The summed E-state index contributed by atoms with van der Waals surface area (Å²) in [6.07, 6.45) is -1.35. The Morgan fingerprint density at radius 3 is 2.48 bits per heavy atom. The Morgan fingerprint density at radius 1 is 1.36 bits per heavy atom. The lowest BCUT2D eigenvalue weighted by atomic mass is 10.0. The molecule has 0 saturated heterocycles. The number of aliphatic hydroxyl groups excluding tert-OH is 1. The van der Waals surface area contributed by atoms with Crippen LogP contribution in [0.5, 0.6) is 5.75 Å². The number of nitrogens with zero attached hydrogens (tertiary/aromatic N) is 1. The quantitative estimate of drug-likeness (QED) is 0.446. The number of carboxylic acids is 1. The van der Waals surface area contributed by atoms with Gasteiger partial charge in [-0.15, -0.1) is 0 Å². The number of carboxylic acid groups (broad SMARTS) is 1. The van der Waals surface area contributed by atoms with Gasteiger partial charge in [-0.1, -0.05) is 13.8 Å². The number of non-ortho nitro benzene ring substituents is 1. The molecule has 3 N–H and O–H groups in total. The molecular formula is C16H22N2O7. The van der Waals surface area contributed by atoms with Gasteiger partial charge in [0.2, 0.25) is 5.91 Å². The molecule has 138 valence electrons. The number of carbonyl (C=O) groups is 2. The zero-order valence-electron chi connectivity index (χ0n) is 14.3. The minimum atomic E-state index is -1.36. The molecule has 0 heterocycles. The van der Waals surface area contributed by atoms with Crippen molar-refractivity contribution in [3.05, 3.63) is 33.9 Å². The topological polar surface area (TPSA) is 139 Å². The maximum absolute atomic E-state index is 11.9. The highest BCUT2D eigenvalue weighted by molar-refractivity contribution is 5.86. The molecule has 1 aromatic carbocycles. The Hall–Kier alpha value is -2.68. The summed E-state index contributed by atoms with van der Waals surface area (Å²) in [4.78, 5) is 33.7. The molecule has 0 bridgehead atoms. The minimum Gasteiger partial charge on any atom is -0.496 e. The zero-order chi connectivity index (χ0) is 19.1. The lowest BCUT2D eigenvalue weighted by Crippen LogP contribution is -2.47. The van der Waals surface area contributed by atoms with Crippen molar-refractivity contribution in [3.63, 3.8) is 0 Å². The number of rotatable bonds is 9. The van der Waals surface area contributed by atoms with Gasteiger partial charge in [0.15, 0.2) is 0 Å². The second kappa shape index (κ2) is 8.97. The molecule has 0 aliphatic carbocycles. The molecule has 0 aliphatic heterocycles. The van der Waals surface area contributed by atoms with Crippen molar-refractivity contribution in [2.24, 2.45) is 5.92 Å². The third-order valence-electron chi connectivity index (χ3n) is 3.51. The molecule has 1 aromatic rings. The van der Waals surface area contributed by atoms with Crippen LogP contribution in [0.1, 0.15) is 25.8 Å². The summed E-state index contributed by atoms with van der Waals surface area (Å²) >= 11 is 0. The summed E-state index contributed by atoms with van der Waals surface area (Å²) in [5, 5.41) is 32.2. The number of hydrogen-bond donors (Lipinski definition) is 3. The summed E-state index contributed by atoms with van der Waals surface area (Å²) in [6.45, 7) is 3.64. The Balaban J connectivity index is 2.98. The van der Waals surface area contributed by atoms with E-state index in [1.54, 1.807) is 0 Å². The number of nitro groups is 1. The van der Waals surface area contributed by atoms with Crippen LogP contribution in [0.25, 0.3) is 0 Å².